The third kappa shape index (κ3) is 3.47. The second-order valence-corrected chi connectivity index (χ2v) is 5.36. The molecule has 1 aliphatic rings. The normalized spacial score (nSPS) is 23.2. The minimum atomic E-state index is -0.0193. The van der Waals surface area contributed by atoms with E-state index in [1.165, 1.54) is 5.56 Å². The van der Waals surface area contributed by atoms with E-state index in [1.807, 2.05) is 36.1 Å². The SMILES string of the molecule is CCC1CN(C(=O)Nc2ccc(C)cc2)CCC1N. The molecule has 4 heteroatoms. The Morgan fingerprint density at radius 3 is 2.74 bits per heavy atom. The number of carbonyl (C=O) groups excluding carboxylic acids is 1. The Kier molecular flexibility index (Phi) is 4.43. The summed E-state index contributed by atoms with van der Waals surface area (Å²) in [6.07, 6.45) is 1.91. The third-order valence-electron chi connectivity index (χ3n) is 3.91. The number of urea groups is 1. The lowest BCUT2D eigenvalue weighted by atomic mass is 9.91. The van der Waals surface area contributed by atoms with E-state index in [2.05, 4.69) is 12.2 Å². The molecule has 4 nitrogen and oxygen atoms in total. The number of nitrogens with one attached hydrogen (secondary N) is 1. The van der Waals surface area contributed by atoms with Crippen molar-refractivity contribution >= 4 is 11.7 Å². The van der Waals surface area contributed by atoms with Gasteiger partial charge in [0.25, 0.3) is 0 Å². The molecule has 0 spiro atoms. The molecule has 2 rings (SSSR count). The highest BCUT2D eigenvalue weighted by molar-refractivity contribution is 5.89. The van der Waals surface area contributed by atoms with E-state index in [4.69, 9.17) is 5.73 Å². The summed E-state index contributed by atoms with van der Waals surface area (Å²) < 4.78 is 0. The van der Waals surface area contributed by atoms with Gasteiger partial charge in [-0.05, 0) is 31.4 Å². The van der Waals surface area contributed by atoms with Crippen LogP contribution in [0.2, 0.25) is 0 Å². The number of benzene rings is 1. The van der Waals surface area contributed by atoms with E-state index in [0.717, 1.165) is 31.6 Å². The first-order valence-electron chi connectivity index (χ1n) is 6.98. The van der Waals surface area contributed by atoms with Crippen LogP contribution in [0.3, 0.4) is 0 Å². The van der Waals surface area contributed by atoms with Crippen LogP contribution in [0.4, 0.5) is 10.5 Å². The molecule has 2 atom stereocenters. The Morgan fingerprint density at radius 1 is 1.42 bits per heavy atom. The Labute approximate surface area is 115 Å². The minimum Gasteiger partial charge on any atom is -0.327 e. The number of aryl methyl sites for hydroxylation is 1. The van der Waals surface area contributed by atoms with Crippen LogP contribution in [-0.2, 0) is 0 Å². The molecule has 0 radical (unpaired) electrons. The molecule has 0 aliphatic carbocycles. The van der Waals surface area contributed by atoms with E-state index in [0.29, 0.717) is 5.92 Å². The standard InChI is InChI=1S/C15H23N3O/c1-3-12-10-18(9-8-14(12)16)15(19)17-13-6-4-11(2)5-7-13/h4-7,12,14H,3,8-10,16H2,1-2H3,(H,17,19). The maximum Gasteiger partial charge on any atom is 0.321 e. The quantitative estimate of drug-likeness (QED) is 0.859. The lowest BCUT2D eigenvalue weighted by Crippen LogP contribution is -2.50. The molecular weight excluding hydrogens is 238 g/mol. The molecule has 1 fully saturated rings. The summed E-state index contributed by atoms with van der Waals surface area (Å²) in [5.74, 6) is 0.414. The highest BCUT2D eigenvalue weighted by Gasteiger charge is 2.27. The van der Waals surface area contributed by atoms with Gasteiger partial charge in [0.1, 0.15) is 0 Å². The number of nitrogens with zero attached hydrogens (tertiary/aromatic N) is 1. The number of hydrogen-bond acceptors (Lipinski definition) is 2. The van der Waals surface area contributed by atoms with E-state index in [9.17, 15) is 4.79 Å². The molecule has 0 saturated carbocycles. The van der Waals surface area contributed by atoms with Crippen LogP contribution in [-0.4, -0.2) is 30.1 Å². The minimum absolute atomic E-state index is 0.0193. The Hall–Kier alpha value is -1.55. The Bertz CT molecular complexity index is 430. The summed E-state index contributed by atoms with van der Waals surface area (Å²) in [6.45, 7) is 5.67. The van der Waals surface area contributed by atoms with Crippen molar-refractivity contribution in [2.45, 2.75) is 32.7 Å². The van der Waals surface area contributed by atoms with Crippen LogP contribution in [0.25, 0.3) is 0 Å². The van der Waals surface area contributed by atoms with Crippen LogP contribution < -0.4 is 11.1 Å². The number of piperidine rings is 1. The highest BCUT2D eigenvalue weighted by atomic mass is 16.2. The number of likely N-dealkylation sites (tertiary alicyclic amines) is 1. The van der Waals surface area contributed by atoms with Gasteiger partial charge in [-0.2, -0.15) is 0 Å². The number of carbonyl (C=O) groups is 1. The van der Waals surface area contributed by atoms with Crippen molar-refractivity contribution in [3.63, 3.8) is 0 Å². The van der Waals surface area contributed by atoms with Gasteiger partial charge in [-0.1, -0.05) is 31.0 Å². The summed E-state index contributed by atoms with van der Waals surface area (Å²) in [4.78, 5) is 14.1. The first-order chi connectivity index (χ1) is 9.10. The van der Waals surface area contributed by atoms with Crippen molar-refractivity contribution in [1.82, 2.24) is 4.90 Å². The molecule has 1 aromatic rings. The number of hydrogen-bond donors (Lipinski definition) is 2. The van der Waals surface area contributed by atoms with Crippen LogP contribution >= 0.6 is 0 Å². The molecule has 19 heavy (non-hydrogen) atoms. The summed E-state index contributed by atoms with van der Waals surface area (Å²) in [5.41, 5.74) is 8.10. The molecule has 3 N–H and O–H groups in total. The molecule has 1 heterocycles. The molecule has 1 aromatic carbocycles. The first kappa shape index (κ1) is 13.9. The fourth-order valence-electron chi connectivity index (χ4n) is 2.51. The van der Waals surface area contributed by atoms with E-state index in [-0.39, 0.29) is 12.1 Å². The second kappa shape index (κ2) is 6.06. The van der Waals surface area contributed by atoms with Crippen molar-refractivity contribution in [1.29, 1.82) is 0 Å². The highest BCUT2D eigenvalue weighted by Crippen LogP contribution is 2.19. The van der Waals surface area contributed by atoms with Gasteiger partial charge >= 0.3 is 6.03 Å². The lowest BCUT2D eigenvalue weighted by molar-refractivity contribution is 0.164. The van der Waals surface area contributed by atoms with Crippen molar-refractivity contribution in [2.24, 2.45) is 11.7 Å². The molecule has 1 aliphatic heterocycles. The average Bonchev–Trinajstić information content (AvgIpc) is 2.42. The fraction of sp³-hybridized carbons (Fsp3) is 0.533. The molecule has 1 saturated heterocycles. The lowest BCUT2D eigenvalue weighted by Gasteiger charge is -2.36. The second-order valence-electron chi connectivity index (χ2n) is 5.36. The summed E-state index contributed by atoms with van der Waals surface area (Å²) in [7, 11) is 0. The predicted octanol–water partition coefficient (Wildman–Crippen LogP) is 2.59. The molecule has 2 amide bonds. The number of rotatable bonds is 2. The topological polar surface area (TPSA) is 58.4 Å². The van der Waals surface area contributed by atoms with Crippen molar-refractivity contribution in [2.75, 3.05) is 18.4 Å². The molecule has 0 aromatic heterocycles. The molecular formula is C15H23N3O. The van der Waals surface area contributed by atoms with E-state index in [1.54, 1.807) is 0 Å². The number of nitrogens with two attached hydrogens (primary N) is 1. The van der Waals surface area contributed by atoms with E-state index >= 15 is 0 Å². The van der Waals surface area contributed by atoms with Gasteiger partial charge in [-0.3, -0.25) is 0 Å². The van der Waals surface area contributed by atoms with Crippen molar-refractivity contribution in [3.05, 3.63) is 29.8 Å². The predicted molar refractivity (Wildman–Crippen MR) is 78.1 cm³/mol. The van der Waals surface area contributed by atoms with Crippen LogP contribution in [0.5, 0.6) is 0 Å². The van der Waals surface area contributed by atoms with E-state index < -0.39 is 0 Å². The van der Waals surface area contributed by atoms with Gasteiger partial charge in [0.05, 0.1) is 0 Å². The molecule has 2 unspecified atom stereocenters. The number of anilines is 1. The Morgan fingerprint density at radius 2 is 2.11 bits per heavy atom. The van der Waals surface area contributed by atoms with Gasteiger partial charge in [0, 0.05) is 24.8 Å². The van der Waals surface area contributed by atoms with Gasteiger partial charge in [-0.15, -0.1) is 0 Å². The fourth-order valence-corrected chi connectivity index (χ4v) is 2.51. The van der Waals surface area contributed by atoms with Gasteiger partial charge < -0.3 is 16.0 Å². The van der Waals surface area contributed by atoms with Crippen LogP contribution in [0.15, 0.2) is 24.3 Å². The third-order valence-corrected chi connectivity index (χ3v) is 3.91. The van der Waals surface area contributed by atoms with Gasteiger partial charge in [0.2, 0.25) is 0 Å². The van der Waals surface area contributed by atoms with Crippen molar-refractivity contribution in [3.8, 4) is 0 Å². The first-order valence-corrected chi connectivity index (χ1v) is 6.98. The molecule has 104 valence electrons. The summed E-state index contributed by atoms with van der Waals surface area (Å²) in [6, 6.07) is 8.07. The van der Waals surface area contributed by atoms with Crippen LogP contribution in [0.1, 0.15) is 25.3 Å². The zero-order valence-electron chi connectivity index (χ0n) is 11.7. The zero-order chi connectivity index (χ0) is 13.8. The zero-order valence-corrected chi connectivity index (χ0v) is 11.7. The average molecular weight is 261 g/mol. The smallest absolute Gasteiger partial charge is 0.321 e. The monoisotopic (exact) mass is 261 g/mol. The van der Waals surface area contributed by atoms with Crippen molar-refractivity contribution < 1.29 is 4.79 Å². The molecule has 0 bridgehead atoms. The Balaban J connectivity index is 1.94. The van der Waals surface area contributed by atoms with Crippen LogP contribution in [0, 0.1) is 12.8 Å². The number of amides is 2. The largest absolute Gasteiger partial charge is 0.327 e. The summed E-state index contributed by atoms with van der Waals surface area (Å²) >= 11 is 0. The van der Waals surface area contributed by atoms with Gasteiger partial charge in [0.15, 0.2) is 0 Å². The van der Waals surface area contributed by atoms with Gasteiger partial charge in [-0.25, -0.2) is 4.79 Å². The maximum atomic E-state index is 12.2. The summed E-state index contributed by atoms with van der Waals surface area (Å²) in [5, 5.41) is 2.94. The maximum absolute atomic E-state index is 12.2.